The summed E-state index contributed by atoms with van der Waals surface area (Å²) >= 11 is 3.46. The van der Waals surface area contributed by atoms with E-state index in [-0.39, 0.29) is 37.2 Å². The number of aliphatic hydroxyl groups is 1. The number of hydrogen-bond donors (Lipinski definition) is 2. The Morgan fingerprint density at radius 1 is 1.21 bits per heavy atom. The van der Waals surface area contributed by atoms with E-state index in [2.05, 4.69) is 26.1 Å². The molecule has 1 aromatic rings. The number of nitrogens with zero attached hydrogens (tertiary/aromatic N) is 3. The normalized spacial score (nSPS) is 20.8. The maximum absolute atomic E-state index is 12.8. The Balaban J connectivity index is 0.00000280. The molecule has 2 fully saturated rings. The SMILES string of the molecule is Cl.O=C(CC1NCCN(Cc2cccc(Br)c2)C1=O)N1CCN(CCO)CC1. The van der Waals surface area contributed by atoms with Crippen molar-refractivity contribution in [3.8, 4) is 0 Å². The van der Waals surface area contributed by atoms with Gasteiger partial charge in [-0.25, -0.2) is 0 Å². The lowest BCUT2D eigenvalue weighted by Gasteiger charge is -2.37. The smallest absolute Gasteiger partial charge is 0.240 e. The van der Waals surface area contributed by atoms with E-state index < -0.39 is 6.04 Å². The van der Waals surface area contributed by atoms with Crippen LogP contribution in [0.2, 0.25) is 0 Å². The minimum atomic E-state index is -0.450. The molecule has 2 heterocycles. The van der Waals surface area contributed by atoms with Crippen LogP contribution in [0.15, 0.2) is 28.7 Å². The molecule has 2 N–H and O–H groups in total. The molecule has 0 saturated carbocycles. The first-order valence-corrected chi connectivity index (χ1v) is 10.2. The zero-order valence-corrected chi connectivity index (χ0v) is 18.3. The lowest BCUT2D eigenvalue weighted by Crippen LogP contribution is -2.57. The molecule has 7 nitrogen and oxygen atoms in total. The molecule has 2 amide bonds. The lowest BCUT2D eigenvalue weighted by molar-refractivity contribution is -0.142. The molecule has 3 rings (SSSR count). The highest BCUT2D eigenvalue weighted by molar-refractivity contribution is 9.10. The van der Waals surface area contributed by atoms with E-state index >= 15 is 0 Å². The van der Waals surface area contributed by atoms with Crippen molar-refractivity contribution < 1.29 is 14.7 Å². The number of halogens is 2. The Bertz CT molecular complexity index is 670. The standard InChI is InChI=1S/C19H27BrN4O3.ClH/c20-16-3-1-2-15(12-16)14-24-5-4-21-17(19(24)27)13-18(26)23-8-6-22(7-9-23)10-11-25;/h1-3,12,17,21,25H,4-11,13-14H2;1H. The minimum Gasteiger partial charge on any atom is -0.395 e. The molecular formula is C19H28BrClN4O3. The first-order valence-electron chi connectivity index (χ1n) is 9.44. The zero-order chi connectivity index (χ0) is 19.2. The average molecular weight is 476 g/mol. The summed E-state index contributed by atoms with van der Waals surface area (Å²) in [6.07, 6.45) is 0.202. The summed E-state index contributed by atoms with van der Waals surface area (Å²) in [5.74, 6) is 0.0160. The first kappa shape index (κ1) is 23.1. The highest BCUT2D eigenvalue weighted by Gasteiger charge is 2.32. The van der Waals surface area contributed by atoms with Crippen molar-refractivity contribution >= 4 is 40.2 Å². The van der Waals surface area contributed by atoms with Crippen molar-refractivity contribution in [2.75, 3.05) is 52.4 Å². The van der Waals surface area contributed by atoms with Crippen LogP contribution in [0.4, 0.5) is 0 Å². The molecule has 28 heavy (non-hydrogen) atoms. The Labute approximate surface area is 180 Å². The third-order valence-electron chi connectivity index (χ3n) is 5.16. The molecule has 0 radical (unpaired) electrons. The largest absolute Gasteiger partial charge is 0.395 e. The second-order valence-electron chi connectivity index (χ2n) is 7.05. The number of piperazine rings is 2. The van der Waals surface area contributed by atoms with Gasteiger partial charge in [0.05, 0.1) is 19.1 Å². The van der Waals surface area contributed by atoms with Crippen molar-refractivity contribution in [1.82, 2.24) is 20.0 Å². The fourth-order valence-electron chi connectivity index (χ4n) is 3.63. The summed E-state index contributed by atoms with van der Waals surface area (Å²) < 4.78 is 0.995. The molecule has 2 aliphatic heterocycles. The predicted molar refractivity (Wildman–Crippen MR) is 113 cm³/mol. The molecule has 0 aliphatic carbocycles. The number of amides is 2. The monoisotopic (exact) mass is 474 g/mol. The van der Waals surface area contributed by atoms with Gasteiger partial charge in [-0.2, -0.15) is 0 Å². The summed E-state index contributed by atoms with van der Waals surface area (Å²) in [7, 11) is 0. The Morgan fingerprint density at radius 3 is 2.64 bits per heavy atom. The minimum absolute atomic E-state index is 0. The number of carbonyl (C=O) groups is 2. The van der Waals surface area contributed by atoms with Crippen molar-refractivity contribution in [3.05, 3.63) is 34.3 Å². The number of β-amino-alcohol motifs (C(OH)–C–C–N with tert-alkyl or cyclic N) is 1. The van der Waals surface area contributed by atoms with E-state index in [0.717, 1.165) is 23.1 Å². The van der Waals surface area contributed by atoms with Crippen LogP contribution in [0, 0.1) is 0 Å². The van der Waals surface area contributed by atoms with Gasteiger partial charge in [-0.3, -0.25) is 14.5 Å². The van der Waals surface area contributed by atoms with E-state index in [9.17, 15) is 9.59 Å². The number of hydrogen-bond acceptors (Lipinski definition) is 5. The number of benzene rings is 1. The van der Waals surface area contributed by atoms with Crippen molar-refractivity contribution in [2.45, 2.75) is 19.0 Å². The number of carbonyl (C=O) groups excluding carboxylic acids is 2. The Morgan fingerprint density at radius 2 is 1.96 bits per heavy atom. The van der Waals surface area contributed by atoms with Gasteiger partial charge in [-0.15, -0.1) is 12.4 Å². The molecule has 0 spiro atoms. The van der Waals surface area contributed by atoms with E-state index in [0.29, 0.717) is 39.3 Å². The van der Waals surface area contributed by atoms with Crippen molar-refractivity contribution in [2.24, 2.45) is 0 Å². The van der Waals surface area contributed by atoms with Gasteiger partial charge in [0, 0.05) is 56.8 Å². The van der Waals surface area contributed by atoms with Crippen LogP contribution in [-0.2, 0) is 16.1 Å². The van der Waals surface area contributed by atoms with Gasteiger partial charge in [0.15, 0.2) is 0 Å². The van der Waals surface area contributed by atoms with Crippen LogP contribution >= 0.6 is 28.3 Å². The number of nitrogens with one attached hydrogen (secondary N) is 1. The first-order chi connectivity index (χ1) is 13.1. The molecule has 0 aromatic heterocycles. The van der Waals surface area contributed by atoms with Crippen LogP contribution in [0.25, 0.3) is 0 Å². The van der Waals surface area contributed by atoms with Crippen LogP contribution in [0.1, 0.15) is 12.0 Å². The van der Waals surface area contributed by atoms with Gasteiger partial charge < -0.3 is 20.2 Å². The molecule has 1 unspecified atom stereocenters. The quantitative estimate of drug-likeness (QED) is 0.633. The van der Waals surface area contributed by atoms with Gasteiger partial charge in [-0.1, -0.05) is 28.1 Å². The Kier molecular flexibility index (Phi) is 9.17. The summed E-state index contributed by atoms with van der Waals surface area (Å²) in [6, 6.07) is 7.50. The summed E-state index contributed by atoms with van der Waals surface area (Å²) in [4.78, 5) is 31.2. The fraction of sp³-hybridized carbons (Fsp3) is 0.579. The van der Waals surface area contributed by atoms with Crippen LogP contribution in [0.5, 0.6) is 0 Å². The second kappa shape index (κ2) is 11.1. The highest BCUT2D eigenvalue weighted by atomic mass is 79.9. The van der Waals surface area contributed by atoms with Crippen LogP contribution in [0.3, 0.4) is 0 Å². The summed E-state index contributed by atoms with van der Waals surface area (Å²) in [6.45, 7) is 5.55. The highest BCUT2D eigenvalue weighted by Crippen LogP contribution is 2.16. The van der Waals surface area contributed by atoms with Crippen LogP contribution in [-0.4, -0.2) is 90.1 Å². The molecule has 1 aromatic carbocycles. The third kappa shape index (κ3) is 6.15. The predicted octanol–water partition coefficient (Wildman–Crippen LogP) is 0.698. The molecule has 156 valence electrons. The van der Waals surface area contributed by atoms with Gasteiger partial charge in [0.25, 0.3) is 0 Å². The van der Waals surface area contributed by atoms with Gasteiger partial charge in [0.2, 0.25) is 11.8 Å². The molecule has 2 saturated heterocycles. The van der Waals surface area contributed by atoms with E-state index in [1.807, 2.05) is 34.1 Å². The number of aliphatic hydroxyl groups excluding tert-OH is 1. The van der Waals surface area contributed by atoms with E-state index in [4.69, 9.17) is 5.11 Å². The Hall–Kier alpha value is -1.19. The maximum atomic E-state index is 12.8. The summed E-state index contributed by atoms with van der Waals surface area (Å²) in [5, 5.41) is 12.2. The third-order valence-corrected chi connectivity index (χ3v) is 5.66. The van der Waals surface area contributed by atoms with E-state index in [1.54, 1.807) is 0 Å². The molecule has 1 atom stereocenters. The zero-order valence-electron chi connectivity index (χ0n) is 15.8. The fourth-order valence-corrected chi connectivity index (χ4v) is 4.08. The molecule has 9 heteroatoms. The van der Waals surface area contributed by atoms with Gasteiger partial charge >= 0.3 is 0 Å². The van der Waals surface area contributed by atoms with Crippen LogP contribution < -0.4 is 5.32 Å². The average Bonchev–Trinajstić information content (AvgIpc) is 2.66. The topological polar surface area (TPSA) is 76.1 Å². The second-order valence-corrected chi connectivity index (χ2v) is 7.96. The summed E-state index contributed by atoms with van der Waals surface area (Å²) in [5.41, 5.74) is 1.07. The molecular weight excluding hydrogens is 448 g/mol. The van der Waals surface area contributed by atoms with Gasteiger partial charge in [0.1, 0.15) is 0 Å². The molecule has 0 bridgehead atoms. The maximum Gasteiger partial charge on any atom is 0.240 e. The lowest BCUT2D eigenvalue weighted by atomic mass is 10.1. The van der Waals surface area contributed by atoms with Gasteiger partial charge in [-0.05, 0) is 17.7 Å². The number of rotatable bonds is 6. The van der Waals surface area contributed by atoms with E-state index in [1.165, 1.54) is 0 Å². The van der Waals surface area contributed by atoms with Crippen molar-refractivity contribution in [1.29, 1.82) is 0 Å². The molecule has 2 aliphatic rings. The van der Waals surface area contributed by atoms with Crippen molar-refractivity contribution in [3.63, 3.8) is 0 Å².